The largest absolute Gasteiger partial charge is 0.424 e. The Balaban J connectivity index is 2.29. The van der Waals surface area contributed by atoms with Gasteiger partial charge in [0.2, 0.25) is 0 Å². The molecule has 0 aromatic heterocycles. The smallest absolute Gasteiger partial charge is 0.258 e. The van der Waals surface area contributed by atoms with Crippen molar-refractivity contribution < 1.29 is 9.53 Å². The second kappa shape index (κ2) is 8.58. The summed E-state index contributed by atoms with van der Waals surface area (Å²) < 4.78 is 5.51. The molecule has 0 radical (unpaired) electrons. The molecule has 0 aliphatic carbocycles. The summed E-state index contributed by atoms with van der Waals surface area (Å²) in [6.07, 6.45) is 1.83. The van der Waals surface area contributed by atoms with Crippen molar-refractivity contribution in [2.45, 2.75) is 31.7 Å². The van der Waals surface area contributed by atoms with Gasteiger partial charge in [-0.3, -0.25) is 0 Å². The molecule has 24 heavy (non-hydrogen) atoms. The van der Waals surface area contributed by atoms with Gasteiger partial charge >= 0.3 is 0 Å². The second-order valence-corrected chi connectivity index (χ2v) is 10.8. The summed E-state index contributed by atoms with van der Waals surface area (Å²) in [4.78, 5) is 12.0. The number of rotatable bonds is 9. The maximum absolute atomic E-state index is 12.0. The van der Waals surface area contributed by atoms with Crippen LogP contribution in [0.3, 0.4) is 0 Å². The first-order valence-electron chi connectivity index (χ1n) is 8.63. The standard InChI is InChI=1S/C20H29NO2Si/c1-20(2,14-9-16-23-17-15-21)24(22,18-10-5-3-6-11-18)19-12-7-4-8-13-19/h3-8,10-13,22H,9,14-17,21H2,1-2H3. The van der Waals surface area contributed by atoms with Gasteiger partial charge in [-0.05, 0) is 28.3 Å². The number of hydrogen-bond donors (Lipinski definition) is 2. The van der Waals surface area contributed by atoms with Crippen LogP contribution >= 0.6 is 0 Å². The molecule has 2 rings (SSSR count). The van der Waals surface area contributed by atoms with Crippen LogP contribution in [0.25, 0.3) is 0 Å². The Morgan fingerprint density at radius 2 is 1.42 bits per heavy atom. The molecule has 0 spiro atoms. The van der Waals surface area contributed by atoms with E-state index < -0.39 is 8.32 Å². The van der Waals surface area contributed by atoms with E-state index in [1.807, 2.05) is 36.4 Å². The third-order valence-corrected chi connectivity index (χ3v) is 9.26. The highest BCUT2D eigenvalue weighted by atomic mass is 28.4. The average Bonchev–Trinajstić information content (AvgIpc) is 2.62. The highest BCUT2D eigenvalue weighted by Crippen LogP contribution is 2.39. The normalized spacial score (nSPS) is 12.3. The Labute approximate surface area is 146 Å². The molecule has 2 aromatic carbocycles. The molecule has 3 nitrogen and oxygen atoms in total. The molecule has 4 heteroatoms. The zero-order chi connectivity index (χ0) is 17.5. The lowest BCUT2D eigenvalue weighted by atomic mass is 10.1. The van der Waals surface area contributed by atoms with Crippen LogP contribution < -0.4 is 16.1 Å². The van der Waals surface area contributed by atoms with E-state index in [9.17, 15) is 4.80 Å². The van der Waals surface area contributed by atoms with Crippen LogP contribution in [-0.2, 0) is 4.74 Å². The van der Waals surface area contributed by atoms with Gasteiger partial charge in [-0.1, -0.05) is 74.5 Å². The SMILES string of the molecule is CC(C)(CCCOCCN)[Si](O)(c1ccccc1)c1ccccc1. The Hall–Kier alpha value is -1.46. The van der Waals surface area contributed by atoms with Crippen molar-refractivity contribution in [3.63, 3.8) is 0 Å². The van der Waals surface area contributed by atoms with Gasteiger partial charge in [-0.15, -0.1) is 0 Å². The highest BCUT2D eigenvalue weighted by molar-refractivity contribution is 6.98. The van der Waals surface area contributed by atoms with E-state index in [1.165, 1.54) is 0 Å². The van der Waals surface area contributed by atoms with Crippen LogP contribution in [0.15, 0.2) is 60.7 Å². The van der Waals surface area contributed by atoms with Gasteiger partial charge in [0.1, 0.15) is 0 Å². The van der Waals surface area contributed by atoms with Gasteiger partial charge in [0.25, 0.3) is 8.32 Å². The third-order valence-electron chi connectivity index (χ3n) is 4.72. The molecule has 0 amide bonds. The van der Waals surface area contributed by atoms with Crippen LogP contribution in [0.2, 0.25) is 5.04 Å². The van der Waals surface area contributed by atoms with Crippen molar-refractivity contribution >= 4 is 18.7 Å². The molecular weight excluding hydrogens is 314 g/mol. The summed E-state index contributed by atoms with van der Waals surface area (Å²) in [5, 5.41) is 1.91. The van der Waals surface area contributed by atoms with Gasteiger partial charge in [0.15, 0.2) is 0 Å². The molecule has 0 atom stereocenters. The lowest BCUT2D eigenvalue weighted by Crippen LogP contribution is -2.65. The molecule has 3 N–H and O–H groups in total. The summed E-state index contributed by atoms with van der Waals surface area (Å²) in [5.74, 6) is 0. The molecule has 0 heterocycles. The molecule has 0 saturated heterocycles. The summed E-state index contributed by atoms with van der Waals surface area (Å²) in [5.41, 5.74) is 5.46. The van der Waals surface area contributed by atoms with Crippen LogP contribution in [0, 0.1) is 0 Å². The molecule has 0 aliphatic rings. The Morgan fingerprint density at radius 3 is 1.88 bits per heavy atom. The first-order chi connectivity index (χ1) is 11.5. The van der Waals surface area contributed by atoms with E-state index in [0.717, 1.165) is 23.2 Å². The second-order valence-electron chi connectivity index (χ2n) is 6.83. The minimum absolute atomic E-state index is 0.207. The molecular formula is C20H29NO2Si. The molecule has 0 fully saturated rings. The van der Waals surface area contributed by atoms with Crippen molar-refractivity contribution in [1.29, 1.82) is 0 Å². The number of hydrogen-bond acceptors (Lipinski definition) is 3. The minimum Gasteiger partial charge on any atom is -0.424 e. The highest BCUT2D eigenvalue weighted by Gasteiger charge is 2.49. The molecule has 0 bridgehead atoms. The molecule has 0 saturated carbocycles. The lowest BCUT2D eigenvalue weighted by Gasteiger charge is -2.41. The summed E-state index contributed by atoms with van der Waals surface area (Å²) >= 11 is 0. The van der Waals surface area contributed by atoms with Crippen LogP contribution in [0.4, 0.5) is 0 Å². The number of ether oxygens (including phenoxy) is 1. The van der Waals surface area contributed by atoms with Gasteiger partial charge in [0, 0.05) is 13.2 Å². The van der Waals surface area contributed by atoms with Crippen molar-refractivity contribution in [2.75, 3.05) is 19.8 Å². The van der Waals surface area contributed by atoms with E-state index in [4.69, 9.17) is 10.5 Å². The van der Waals surface area contributed by atoms with Crippen LogP contribution in [-0.4, -0.2) is 32.9 Å². The molecule has 0 aliphatic heterocycles. The van der Waals surface area contributed by atoms with Crippen LogP contribution in [0.5, 0.6) is 0 Å². The fourth-order valence-corrected chi connectivity index (χ4v) is 7.07. The molecule has 2 aromatic rings. The predicted molar refractivity (Wildman–Crippen MR) is 103 cm³/mol. The maximum Gasteiger partial charge on any atom is 0.258 e. The predicted octanol–water partition coefficient (Wildman–Crippen LogP) is 2.27. The fraction of sp³-hybridized carbons (Fsp3) is 0.400. The lowest BCUT2D eigenvalue weighted by molar-refractivity contribution is 0.135. The zero-order valence-corrected chi connectivity index (χ0v) is 15.7. The average molecular weight is 344 g/mol. The van der Waals surface area contributed by atoms with Crippen LogP contribution in [0.1, 0.15) is 26.7 Å². The first-order valence-corrected chi connectivity index (χ1v) is 10.6. The van der Waals surface area contributed by atoms with E-state index in [2.05, 4.69) is 38.1 Å². The van der Waals surface area contributed by atoms with Crippen molar-refractivity contribution in [2.24, 2.45) is 5.73 Å². The van der Waals surface area contributed by atoms with E-state index in [1.54, 1.807) is 0 Å². The summed E-state index contributed by atoms with van der Waals surface area (Å²) in [7, 11) is -2.88. The fourth-order valence-electron chi connectivity index (χ4n) is 3.29. The number of benzene rings is 2. The molecule has 0 unspecified atom stereocenters. The quantitative estimate of drug-likeness (QED) is 0.542. The summed E-state index contributed by atoms with van der Waals surface area (Å²) in [6, 6.07) is 20.3. The third kappa shape index (κ3) is 4.14. The van der Waals surface area contributed by atoms with Gasteiger partial charge in [-0.2, -0.15) is 0 Å². The topological polar surface area (TPSA) is 55.5 Å². The molecule has 130 valence electrons. The van der Waals surface area contributed by atoms with E-state index in [0.29, 0.717) is 19.8 Å². The van der Waals surface area contributed by atoms with E-state index >= 15 is 0 Å². The Bertz CT molecular complexity index is 562. The van der Waals surface area contributed by atoms with Crippen molar-refractivity contribution in [1.82, 2.24) is 0 Å². The number of nitrogens with two attached hydrogens (primary N) is 1. The van der Waals surface area contributed by atoms with Gasteiger partial charge in [0.05, 0.1) is 6.61 Å². The monoisotopic (exact) mass is 343 g/mol. The van der Waals surface area contributed by atoms with Crippen molar-refractivity contribution in [3.8, 4) is 0 Å². The maximum atomic E-state index is 12.0. The Morgan fingerprint density at radius 1 is 0.917 bits per heavy atom. The first kappa shape index (κ1) is 18.9. The summed E-state index contributed by atoms with van der Waals surface area (Å²) in [6.45, 7) is 6.20. The zero-order valence-electron chi connectivity index (χ0n) is 14.7. The Kier molecular flexibility index (Phi) is 6.75. The minimum atomic E-state index is -2.88. The van der Waals surface area contributed by atoms with Gasteiger partial charge in [-0.25, -0.2) is 0 Å². The van der Waals surface area contributed by atoms with E-state index in [-0.39, 0.29) is 5.04 Å². The van der Waals surface area contributed by atoms with Gasteiger partial charge < -0.3 is 15.3 Å². The van der Waals surface area contributed by atoms with Crippen molar-refractivity contribution in [3.05, 3.63) is 60.7 Å².